The molecule has 0 atom stereocenters. The van der Waals surface area contributed by atoms with Crippen molar-refractivity contribution in [3.63, 3.8) is 0 Å². The molecule has 0 amide bonds. The molecule has 0 saturated heterocycles. The predicted octanol–water partition coefficient (Wildman–Crippen LogP) is 2.52. The van der Waals surface area contributed by atoms with E-state index < -0.39 is 13.5 Å². The van der Waals surface area contributed by atoms with Gasteiger partial charge in [0.25, 0.3) is 0 Å². The van der Waals surface area contributed by atoms with Crippen LogP contribution in [0.1, 0.15) is 0 Å². The third kappa shape index (κ3) is 10400. The third-order valence-corrected chi connectivity index (χ3v) is 0. The molecule has 7 heavy (non-hydrogen) atoms. The van der Waals surface area contributed by atoms with Gasteiger partial charge in [-0.3, -0.25) is 0 Å². The second-order valence-corrected chi connectivity index (χ2v) is 3.34. The molecule has 0 unspecified atom stereocenters. The van der Waals surface area contributed by atoms with Crippen molar-refractivity contribution < 1.29 is 34.8 Å². The van der Waals surface area contributed by atoms with Crippen molar-refractivity contribution in [3.8, 4) is 0 Å². The summed E-state index contributed by atoms with van der Waals surface area (Å²) < 4.78 is 59.3. The summed E-state index contributed by atoms with van der Waals surface area (Å²) in [5.74, 6) is 0. The van der Waals surface area contributed by atoms with Crippen LogP contribution in [0.15, 0.2) is 0 Å². The van der Waals surface area contributed by atoms with Crippen LogP contribution in [0.25, 0.3) is 0 Å². The van der Waals surface area contributed by atoms with Crippen LogP contribution in [0.5, 0.6) is 0 Å². The van der Waals surface area contributed by atoms with E-state index in [-0.39, 0.29) is 0 Å². The molecule has 0 bridgehead atoms. The Balaban J connectivity index is 4.43. The quantitative estimate of drug-likeness (QED) is 0.386. The van der Waals surface area contributed by atoms with Crippen LogP contribution >= 0.6 is 0 Å². The summed E-state index contributed by atoms with van der Waals surface area (Å²) in [5.41, 5.74) is 0. The van der Waals surface area contributed by atoms with E-state index in [0.717, 1.165) is 0 Å². The molecule has 0 nitrogen and oxygen atoms in total. The first-order chi connectivity index (χ1) is 2.45. The zero-order valence-corrected chi connectivity index (χ0v) is 3.83. The molecule has 0 spiro atoms. The molecular weight excluding hydrogens is 169 g/mol. The molecular formula is F6Mn. The first-order valence-corrected chi connectivity index (χ1v) is 3.53. The van der Waals surface area contributed by atoms with E-state index in [2.05, 4.69) is 0 Å². The second kappa shape index (κ2) is 0.696. The van der Waals surface area contributed by atoms with Gasteiger partial charge in [0.1, 0.15) is 0 Å². The molecule has 0 N–H and O–H groups in total. The van der Waals surface area contributed by atoms with Crippen molar-refractivity contribution in [2.24, 2.45) is 0 Å². The molecule has 0 aromatic rings. The van der Waals surface area contributed by atoms with Crippen molar-refractivity contribution in [2.45, 2.75) is 0 Å². The van der Waals surface area contributed by atoms with Crippen molar-refractivity contribution in [1.82, 2.24) is 0 Å². The van der Waals surface area contributed by atoms with Gasteiger partial charge in [0.2, 0.25) is 0 Å². The van der Waals surface area contributed by atoms with Gasteiger partial charge in [-0.05, 0) is 0 Å². The molecule has 0 aromatic carbocycles. The van der Waals surface area contributed by atoms with Gasteiger partial charge in [-0.15, -0.1) is 0 Å². The number of hydrogen-bond donors (Lipinski definition) is 0. The van der Waals surface area contributed by atoms with Crippen molar-refractivity contribution in [2.75, 3.05) is 0 Å². The molecule has 7 heteroatoms. The first kappa shape index (κ1) is 7.10. The molecule has 0 aliphatic rings. The standard InChI is InChI=1S/6FH.Mn/h6*1H;/q;;;;;;+6/p-6. The third-order valence-electron chi connectivity index (χ3n) is 0. The average molecular weight is 169 g/mol. The summed E-state index contributed by atoms with van der Waals surface area (Å²) in [6, 6.07) is 0. The van der Waals surface area contributed by atoms with Crippen LogP contribution in [0.2, 0.25) is 0 Å². The Morgan fingerprint density at radius 1 is 0.571 bits per heavy atom. The Labute approximate surface area is 35.8 Å². The second-order valence-electron chi connectivity index (χ2n) is 0.810. The Hall–Kier alpha value is 0.0995. The van der Waals surface area contributed by atoms with Gasteiger partial charge in [0, 0.05) is 0 Å². The maximum atomic E-state index is 9.89. The van der Waals surface area contributed by atoms with Gasteiger partial charge >= 0.3 is 34.8 Å². The van der Waals surface area contributed by atoms with E-state index in [9.17, 15) is 21.3 Å². The Bertz CT molecular complexity index is 62.7. The summed E-state index contributed by atoms with van der Waals surface area (Å²) in [4.78, 5) is 0. The average Bonchev–Trinajstić information content (AvgIpc) is 0.592. The Morgan fingerprint density at radius 3 is 0.571 bits per heavy atom. The van der Waals surface area contributed by atoms with Crippen LogP contribution in [0.4, 0.5) is 21.3 Å². The number of halogens is 6. The molecule has 0 aliphatic carbocycles. The monoisotopic (exact) mass is 169 g/mol. The van der Waals surface area contributed by atoms with Crippen molar-refractivity contribution in [3.05, 3.63) is 0 Å². The summed E-state index contributed by atoms with van der Waals surface area (Å²) in [6.07, 6.45) is 0. The van der Waals surface area contributed by atoms with E-state index in [1.54, 1.807) is 0 Å². The minimum atomic E-state index is -10.9. The molecule has 0 heterocycles. The Kier molecular flexibility index (Phi) is 0.706. The van der Waals surface area contributed by atoms with E-state index in [4.69, 9.17) is 0 Å². The molecule has 0 aromatic heterocycles. The summed E-state index contributed by atoms with van der Waals surface area (Å²) in [6.45, 7) is 0. The van der Waals surface area contributed by atoms with Gasteiger partial charge in [0.15, 0.2) is 0 Å². The van der Waals surface area contributed by atoms with Crippen molar-refractivity contribution >= 4 is 0 Å². The summed E-state index contributed by atoms with van der Waals surface area (Å²) in [7, 11) is 0. The fourth-order valence-electron chi connectivity index (χ4n) is 0. The number of hydrogen-bond acceptors (Lipinski definition) is 0. The van der Waals surface area contributed by atoms with Gasteiger partial charge in [-0.25, -0.2) is 0 Å². The van der Waals surface area contributed by atoms with Crippen LogP contribution < -0.4 is 0 Å². The Morgan fingerprint density at radius 2 is 0.571 bits per heavy atom. The molecule has 0 aliphatic heterocycles. The maximum absolute atomic E-state index is 10.9. The van der Waals surface area contributed by atoms with Crippen LogP contribution in [-0.2, 0) is 13.5 Å². The topological polar surface area (TPSA) is 0 Å². The van der Waals surface area contributed by atoms with Crippen LogP contribution in [0, 0.1) is 0 Å². The van der Waals surface area contributed by atoms with E-state index >= 15 is 0 Å². The molecule has 0 saturated carbocycles. The van der Waals surface area contributed by atoms with E-state index in [1.165, 1.54) is 0 Å². The molecule has 0 radical (unpaired) electrons. The van der Waals surface area contributed by atoms with Gasteiger partial charge < -0.3 is 0 Å². The fourth-order valence-corrected chi connectivity index (χ4v) is 0. The molecule has 0 fully saturated rings. The van der Waals surface area contributed by atoms with Gasteiger partial charge in [-0.1, -0.05) is 0 Å². The van der Waals surface area contributed by atoms with Crippen LogP contribution in [0.3, 0.4) is 0 Å². The zero-order chi connectivity index (χ0) is 6.41. The normalized spacial score (nSPS) is 23.1. The summed E-state index contributed by atoms with van der Waals surface area (Å²) >= 11 is -10.9. The first-order valence-electron chi connectivity index (χ1n) is 0.857. The van der Waals surface area contributed by atoms with Gasteiger partial charge in [-0.2, -0.15) is 0 Å². The number of rotatable bonds is 0. The van der Waals surface area contributed by atoms with E-state index in [1.807, 2.05) is 0 Å². The van der Waals surface area contributed by atoms with Crippen LogP contribution in [-0.4, -0.2) is 0 Å². The SMILES string of the molecule is [F][Mn]([F])([F])([F])([F])[F]. The van der Waals surface area contributed by atoms with Crippen molar-refractivity contribution in [1.29, 1.82) is 0 Å². The van der Waals surface area contributed by atoms with Gasteiger partial charge in [0.05, 0.1) is 0 Å². The summed E-state index contributed by atoms with van der Waals surface area (Å²) in [5, 5.41) is 0. The minimum absolute atomic E-state index is 9.89. The van der Waals surface area contributed by atoms with E-state index in [0.29, 0.717) is 0 Å². The predicted molar refractivity (Wildman–Crippen MR) is 6.65 cm³/mol. The molecule has 49 valence electrons. The fraction of sp³-hybridized carbons (Fsp3) is 0. The zero-order valence-electron chi connectivity index (χ0n) is 2.65. The molecule has 0 rings (SSSR count).